The van der Waals surface area contributed by atoms with Gasteiger partial charge in [0.15, 0.2) is 0 Å². The lowest BCUT2D eigenvalue weighted by atomic mass is 9.97. The molecule has 1 atom stereocenters. The summed E-state index contributed by atoms with van der Waals surface area (Å²) in [6.07, 6.45) is 1.59. The van der Waals surface area contributed by atoms with E-state index < -0.39 is 0 Å². The number of aryl methyl sites for hydroxylation is 2. The van der Waals surface area contributed by atoms with Crippen molar-refractivity contribution in [1.29, 1.82) is 0 Å². The van der Waals surface area contributed by atoms with Crippen LogP contribution in [0.3, 0.4) is 0 Å². The van der Waals surface area contributed by atoms with E-state index >= 15 is 0 Å². The Kier molecular flexibility index (Phi) is 4.53. The highest BCUT2D eigenvalue weighted by Gasteiger charge is 2.29. The molecule has 1 aliphatic rings. The van der Waals surface area contributed by atoms with Gasteiger partial charge in [-0.05, 0) is 37.8 Å². The quantitative estimate of drug-likeness (QED) is 0.811. The zero-order valence-corrected chi connectivity index (χ0v) is 12.0. The molecule has 2 heterocycles. The average Bonchev–Trinajstić information content (AvgIpc) is 2.71. The number of likely N-dealkylation sites (tertiary alicyclic amines) is 1. The molecule has 1 aromatic rings. The Morgan fingerprint density at radius 1 is 1.42 bits per heavy atom. The largest absolute Gasteiger partial charge is 0.383 e. The van der Waals surface area contributed by atoms with E-state index in [1.165, 1.54) is 5.56 Å². The van der Waals surface area contributed by atoms with E-state index in [0.29, 0.717) is 25.5 Å². The summed E-state index contributed by atoms with van der Waals surface area (Å²) >= 11 is 0. The van der Waals surface area contributed by atoms with Crippen LogP contribution in [-0.2, 0) is 16.0 Å². The second-order valence-corrected chi connectivity index (χ2v) is 5.30. The highest BCUT2D eigenvalue weighted by molar-refractivity contribution is 5.78. The zero-order chi connectivity index (χ0) is 13.8. The SMILES string of the molecule is COCCN1C[C@H](Cc2ccc(C)nc2C)CC1=O. The number of pyridine rings is 1. The van der Waals surface area contributed by atoms with Gasteiger partial charge in [0.25, 0.3) is 0 Å². The van der Waals surface area contributed by atoms with Gasteiger partial charge in [-0.1, -0.05) is 6.07 Å². The van der Waals surface area contributed by atoms with Crippen molar-refractivity contribution < 1.29 is 9.53 Å². The van der Waals surface area contributed by atoms with E-state index in [1.54, 1.807) is 7.11 Å². The molecule has 1 saturated heterocycles. The Hall–Kier alpha value is -1.42. The second kappa shape index (κ2) is 6.15. The second-order valence-electron chi connectivity index (χ2n) is 5.30. The molecule has 1 amide bonds. The standard InChI is InChI=1S/C15H22N2O2/c1-11-4-5-14(12(2)16-11)8-13-9-15(18)17(10-13)6-7-19-3/h4-5,13H,6-10H2,1-3H3/t13-/m1/s1. The molecule has 104 valence electrons. The molecule has 4 heteroatoms. The molecule has 19 heavy (non-hydrogen) atoms. The maximum absolute atomic E-state index is 11.9. The molecule has 0 aromatic carbocycles. The molecule has 0 N–H and O–H groups in total. The minimum atomic E-state index is 0.250. The number of carbonyl (C=O) groups excluding carboxylic acids is 1. The van der Waals surface area contributed by atoms with Gasteiger partial charge in [-0.3, -0.25) is 9.78 Å². The van der Waals surface area contributed by atoms with E-state index in [9.17, 15) is 4.79 Å². The summed E-state index contributed by atoms with van der Waals surface area (Å²) in [6.45, 7) is 6.21. The third-order valence-corrected chi connectivity index (χ3v) is 3.70. The number of amides is 1. The van der Waals surface area contributed by atoms with Crippen LogP contribution < -0.4 is 0 Å². The molecule has 1 aromatic heterocycles. The van der Waals surface area contributed by atoms with Crippen LogP contribution in [0, 0.1) is 19.8 Å². The Balaban J connectivity index is 1.95. The maximum Gasteiger partial charge on any atom is 0.223 e. The number of hydrogen-bond acceptors (Lipinski definition) is 3. The van der Waals surface area contributed by atoms with Crippen molar-refractivity contribution in [3.05, 3.63) is 29.1 Å². The summed E-state index contributed by atoms with van der Waals surface area (Å²) in [5.41, 5.74) is 3.39. The molecule has 0 spiro atoms. The first kappa shape index (κ1) is 14.0. The van der Waals surface area contributed by atoms with Gasteiger partial charge >= 0.3 is 0 Å². The summed E-state index contributed by atoms with van der Waals surface area (Å²) < 4.78 is 5.03. The lowest BCUT2D eigenvalue weighted by Crippen LogP contribution is -2.28. The van der Waals surface area contributed by atoms with E-state index in [-0.39, 0.29) is 5.91 Å². The summed E-state index contributed by atoms with van der Waals surface area (Å²) in [7, 11) is 1.67. The first-order valence-corrected chi connectivity index (χ1v) is 6.80. The first-order chi connectivity index (χ1) is 9.10. The fourth-order valence-electron chi connectivity index (χ4n) is 2.65. The number of nitrogens with zero attached hydrogens (tertiary/aromatic N) is 2. The third kappa shape index (κ3) is 3.53. The average molecular weight is 262 g/mol. The predicted octanol–water partition coefficient (Wildman–Crippen LogP) is 1.74. The van der Waals surface area contributed by atoms with Crippen LogP contribution in [0.1, 0.15) is 23.4 Å². The Labute approximate surface area is 114 Å². The molecule has 0 bridgehead atoms. The van der Waals surface area contributed by atoms with Crippen molar-refractivity contribution in [3.63, 3.8) is 0 Å². The van der Waals surface area contributed by atoms with Crippen molar-refractivity contribution in [2.75, 3.05) is 26.8 Å². The minimum Gasteiger partial charge on any atom is -0.383 e. The maximum atomic E-state index is 11.9. The number of ether oxygens (including phenoxy) is 1. The summed E-state index contributed by atoms with van der Waals surface area (Å²) in [5.74, 6) is 0.660. The van der Waals surface area contributed by atoms with Gasteiger partial charge in [0, 0.05) is 38.0 Å². The van der Waals surface area contributed by atoms with Gasteiger partial charge < -0.3 is 9.64 Å². The van der Waals surface area contributed by atoms with Gasteiger partial charge in [-0.15, -0.1) is 0 Å². The fraction of sp³-hybridized carbons (Fsp3) is 0.600. The highest BCUT2D eigenvalue weighted by atomic mass is 16.5. The van der Waals surface area contributed by atoms with Crippen LogP contribution in [0.5, 0.6) is 0 Å². The lowest BCUT2D eigenvalue weighted by Gasteiger charge is -2.16. The minimum absolute atomic E-state index is 0.250. The number of hydrogen-bond donors (Lipinski definition) is 0. The summed E-state index contributed by atoms with van der Waals surface area (Å²) in [4.78, 5) is 18.3. The summed E-state index contributed by atoms with van der Waals surface area (Å²) in [5, 5.41) is 0. The molecule has 0 saturated carbocycles. The molecular formula is C15H22N2O2. The predicted molar refractivity (Wildman–Crippen MR) is 74.0 cm³/mol. The van der Waals surface area contributed by atoms with Crippen LogP contribution in [0.25, 0.3) is 0 Å². The first-order valence-electron chi connectivity index (χ1n) is 6.80. The smallest absolute Gasteiger partial charge is 0.223 e. The van der Waals surface area contributed by atoms with E-state index in [2.05, 4.69) is 11.1 Å². The van der Waals surface area contributed by atoms with Gasteiger partial charge in [-0.2, -0.15) is 0 Å². The number of carbonyl (C=O) groups is 1. The summed E-state index contributed by atoms with van der Waals surface area (Å²) in [6, 6.07) is 4.18. The monoisotopic (exact) mass is 262 g/mol. The molecule has 2 rings (SSSR count). The molecular weight excluding hydrogens is 240 g/mol. The van der Waals surface area contributed by atoms with Crippen molar-refractivity contribution >= 4 is 5.91 Å². The van der Waals surface area contributed by atoms with E-state index in [0.717, 1.165) is 24.4 Å². The van der Waals surface area contributed by atoms with E-state index in [1.807, 2.05) is 24.8 Å². The molecule has 1 aliphatic heterocycles. The number of methoxy groups -OCH3 is 1. The lowest BCUT2D eigenvalue weighted by molar-refractivity contribution is -0.128. The van der Waals surface area contributed by atoms with Crippen molar-refractivity contribution in [2.24, 2.45) is 5.92 Å². The van der Waals surface area contributed by atoms with Crippen molar-refractivity contribution in [3.8, 4) is 0 Å². The van der Waals surface area contributed by atoms with Crippen LogP contribution in [0.4, 0.5) is 0 Å². The third-order valence-electron chi connectivity index (χ3n) is 3.70. The van der Waals surface area contributed by atoms with Gasteiger partial charge in [0.2, 0.25) is 5.91 Å². The Morgan fingerprint density at radius 2 is 2.21 bits per heavy atom. The molecule has 4 nitrogen and oxygen atoms in total. The number of rotatable bonds is 5. The molecule has 1 fully saturated rings. The van der Waals surface area contributed by atoms with Crippen LogP contribution in [-0.4, -0.2) is 42.6 Å². The molecule has 0 unspecified atom stereocenters. The normalized spacial score (nSPS) is 19.2. The van der Waals surface area contributed by atoms with Crippen LogP contribution >= 0.6 is 0 Å². The highest BCUT2D eigenvalue weighted by Crippen LogP contribution is 2.23. The van der Waals surface area contributed by atoms with Crippen molar-refractivity contribution in [1.82, 2.24) is 9.88 Å². The Bertz CT molecular complexity index is 459. The van der Waals surface area contributed by atoms with Crippen LogP contribution in [0.2, 0.25) is 0 Å². The van der Waals surface area contributed by atoms with E-state index in [4.69, 9.17) is 4.74 Å². The molecule has 0 radical (unpaired) electrons. The zero-order valence-electron chi connectivity index (χ0n) is 12.0. The van der Waals surface area contributed by atoms with Gasteiger partial charge in [-0.25, -0.2) is 0 Å². The fourth-order valence-corrected chi connectivity index (χ4v) is 2.65. The topological polar surface area (TPSA) is 42.4 Å². The van der Waals surface area contributed by atoms with Gasteiger partial charge in [0.1, 0.15) is 0 Å². The Morgan fingerprint density at radius 3 is 2.89 bits per heavy atom. The van der Waals surface area contributed by atoms with Gasteiger partial charge in [0.05, 0.1) is 6.61 Å². The number of aromatic nitrogens is 1. The molecule has 0 aliphatic carbocycles. The van der Waals surface area contributed by atoms with Crippen LogP contribution in [0.15, 0.2) is 12.1 Å². The van der Waals surface area contributed by atoms with Crippen molar-refractivity contribution in [2.45, 2.75) is 26.7 Å².